The number of carbonyl (C=O) groups is 1. The fourth-order valence-electron chi connectivity index (χ4n) is 3.12. The fraction of sp³-hybridized carbons (Fsp3) is 0.842. The standard InChI is InChI=1S/C19H38NOP/c1-7-11-14-22(15-12-8-2,16-13-9-3)18(10-4)20-19(21)17(5)6/h18H,5,7-16H2,1-4,6H3/p+1. The summed E-state index contributed by atoms with van der Waals surface area (Å²) in [5.74, 6) is 0.446. The van der Waals surface area contributed by atoms with Crippen LogP contribution in [0.15, 0.2) is 12.2 Å². The van der Waals surface area contributed by atoms with E-state index in [0.717, 1.165) is 6.42 Å². The summed E-state index contributed by atoms with van der Waals surface area (Å²) in [4.78, 5) is 12.2. The van der Waals surface area contributed by atoms with E-state index in [2.05, 4.69) is 39.6 Å². The number of amides is 1. The van der Waals surface area contributed by atoms with Gasteiger partial charge >= 0.3 is 0 Å². The Kier molecular flexibility index (Phi) is 11.9. The minimum atomic E-state index is -1.12. The van der Waals surface area contributed by atoms with Crippen LogP contribution in [0.1, 0.15) is 79.6 Å². The Balaban J connectivity index is 5.29. The maximum absolute atomic E-state index is 12.2. The van der Waals surface area contributed by atoms with Crippen LogP contribution in [-0.2, 0) is 4.79 Å². The highest BCUT2D eigenvalue weighted by Gasteiger charge is 2.43. The highest BCUT2D eigenvalue weighted by atomic mass is 31.2. The Bertz CT molecular complexity index is 306. The van der Waals surface area contributed by atoms with Crippen LogP contribution in [-0.4, -0.2) is 30.2 Å². The van der Waals surface area contributed by atoms with Crippen LogP contribution >= 0.6 is 7.26 Å². The Labute approximate surface area is 139 Å². The third kappa shape index (κ3) is 7.27. The van der Waals surface area contributed by atoms with Gasteiger partial charge in [0.15, 0.2) is 0 Å². The van der Waals surface area contributed by atoms with E-state index in [-0.39, 0.29) is 5.91 Å². The van der Waals surface area contributed by atoms with Crippen LogP contribution in [0.4, 0.5) is 0 Å². The molecule has 0 aliphatic heterocycles. The minimum absolute atomic E-state index is 0.0562. The van der Waals surface area contributed by atoms with Gasteiger partial charge in [0.25, 0.3) is 0 Å². The molecule has 1 atom stereocenters. The molecule has 0 bridgehead atoms. The lowest BCUT2D eigenvalue weighted by Gasteiger charge is -2.35. The van der Waals surface area contributed by atoms with Crippen LogP contribution in [0.5, 0.6) is 0 Å². The number of rotatable bonds is 13. The van der Waals surface area contributed by atoms with Crippen LogP contribution in [0.3, 0.4) is 0 Å². The highest BCUT2D eigenvalue weighted by Crippen LogP contribution is 2.64. The van der Waals surface area contributed by atoms with Gasteiger partial charge in [-0.05, 0) is 32.6 Å². The molecule has 3 heteroatoms. The van der Waals surface area contributed by atoms with Crippen molar-refractivity contribution in [2.75, 3.05) is 18.5 Å². The Morgan fingerprint density at radius 3 is 1.64 bits per heavy atom. The minimum Gasteiger partial charge on any atom is -0.318 e. The molecule has 0 rings (SSSR count). The summed E-state index contributed by atoms with van der Waals surface area (Å²) in [6, 6.07) is 0. The summed E-state index contributed by atoms with van der Waals surface area (Å²) in [5.41, 5.74) is 0.637. The van der Waals surface area contributed by atoms with Crippen molar-refractivity contribution in [1.29, 1.82) is 0 Å². The third-order valence-corrected chi connectivity index (χ3v) is 10.0. The van der Waals surface area contributed by atoms with Gasteiger partial charge in [0.2, 0.25) is 5.91 Å². The number of unbranched alkanes of at least 4 members (excludes halogenated alkanes) is 3. The van der Waals surface area contributed by atoms with Gasteiger partial charge < -0.3 is 5.32 Å². The van der Waals surface area contributed by atoms with E-state index in [4.69, 9.17) is 0 Å². The summed E-state index contributed by atoms with van der Waals surface area (Å²) in [6.45, 7) is 14.7. The van der Waals surface area contributed by atoms with E-state index in [1.54, 1.807) is 0 Å². The highest BCUT2D eigenvalue weighted by molar-refractivity contribution is 7.76. The molecule has 0 aromatic heterocycles. The maximum Gasteiger partial charge on any atom is 0.249 e. The van der Waals surface area contributed by atoms with Gasteiger partial charge in [-0.3, -0.25) is 4.79 Å². The molecular weight excluding hydrogens is 289 g/mol. The van der Waals surface area contributed by atoms with Gasteiger partial charge in [0.1, 0.15) is 5.78 Å². The molecule has 1 unspecified atom stereocenters. The van der Waals surface area contributed by atoms with E-state index in [9.17, 15) is 4.79 Å². The summed E-state index contributed by atoms with van der Waals surface area (Å²) in [7, 11) is -1.12. The normalized spacial score (nSPS) is 13.0. The summed E-state index contributed by atoms with van der Waals surface area (Å²) < 4.78 is 0. The Hall–Kier alpha value is -0.360. The lowest BCUT2D eigenvalue weighted by Crippen LogP contribution is -2.39. The fourth-order valence-corrected chi connectivity index (χ4v) is 8.73. The first-order valence-corrected chi connectivity index (χ1v) is 11.7. The van der Waals surface area contributed by atoms with Crippen LogP contribution in [0, 0.1) is 0 Å². The van der Waals surface area contributed by atoms with E-state index < -0.39 is 7.26 Å². The smallest absolute Gasteiger partial charge is 0.249 e. The summed E-state index contributed by atoms with van der Waals surface area (Å²) >= 11 is 0. The van der Waals surface area contributed by atoms with Crippen molar-refractivity contribution in [3.05, 3.63) is 12.2 Å². The zero-order chi connectivity index (χ0) is 17.0. The maximum atomic E-state index is 12.2. The van der Waals surface area contributed by atoms with Gasteiger partial charge in [0, 0.05) is 12.8 Å². The van der Waals surface area contributed by atoms with Crippen LogP contribution in [0.25, 0.3) is 0 Å². The molecule has 1 amide bonds. The van der Waals surface area contributed by atoms with Crippen LogP contribution in [0.2, 0.25) is 0 Å². The Morgan fingerprint density at radius 1 is 0.955 bits per heavy atom. The first-order valence-electron chi connectivity index (χ1n) is 9.29. The molecule has 0 aliphatic rings. The molecule has 1 N–H and O–H groups in total. The SMILES string of the molecule is C=C(C)C(=O)NC(CC)[P+](CCCC)(CCCC)CCCC. The van der Waals surface area contributed by atoms with Gasteiger partial charge in [-0.25, -0.2) is 0 Å². The quantitative estimate of drug-likeness (QED) is 0.334. The molecule has 130 valence electrons. The van der Waals surface area contributed by atoms with Crippen molar-refractivity contribution >= 4 is 13.2 Å². The molecule has 0 heterocycles. The molecule has 0 aromatic rings. The second-order valence-corrected chi connectivity index (χ2v) is 11.0. The zero-order valence-corrected chi connectivity index (χ0v) is 16.6. The van der Waals surface area contributed by atoms with E-state index in [1.165, 1.54) is 57.0 Å². The first kappa shape index (κ1) is 21.6. The molecule has 0 aromatic carbocycles. The number of hydrogen-bond donors (Lipinski definition) is 1. The molecular formula is C19H39NOP+. The van der Waals surface area contributed by atoms with Crippen molar-refractivity contribution in [3.63, 3.8) is 0 Å². The monoisotopic (exact) mass is 328 g/mol. The van der Waals surface area contributed by atoms with Crippen LogP contribution < -0.4 is 5.32 Å². The molecule has 0 fully saturated rings. The van der Waals surface area contributed by atoms with Gasteiger partial charge in [0.05, 0.1) is 18.5 Å². The molecule has 2 nitrogen and oxygen atoms in total. The average molecular weight is 329 g/mol. The topological polar surface area (TPSA) is 29.1 Å². The lowest BCUT2D eigenvalue weighted by molar-refractivity contribution is -0.117. The van der Waals surface area contributed by atoms with E-state index in [0.29, 0.717) is 11.4 Å². The molecule has 0 spiro atoms. The number of hydrogen-bond acceptors (Lipinski definition) is 1. The number of carbonyl (C=O) groups excluding carboxylic acids is 1. The van der Waals surface area contributed by atoms with Crippen molar-refractivity contribution < 1.29 is 4.79 Å². The summed E-state index contributed by atoms with van der Waals surface area (Å²) in [6.07, 6.45) is 12.8. The molecule has 0 radical (unpaired) electrons. The third-order valence-electron chi connectivity index (χ3n) is 4.60. The van der Waals surface area contributed by atoms with Gasteiger partial charge in [-0.15, -0.1) is 0 Å². The van der Waals surface area contributed by atoms with E-state index >= 15 is 0 Å². The van der Waals surface area contributed by atoms with Crippen molar-refractivity contribution in [2.24, 2.45) is 0 Å². The van der Waals surface area contributed by atoms with Crippen molar-refractivity contribution in [1.82, 2.24) is 5.32 Å². The predicted molar refractivity (Wildman–Crippen MR) is 103 cm³/mol. The zero-order valence-electron chi connectivity index (χ0n) is 15.7. The molecule has 0 saturated carbocycles. The molecule has 22 heavy (non-hydrogen) atoms. The predicted octanol–water partition coefficient (Wildman–Crippen LogP) is 5.83. The second kappa shape index (κ2) is 12.1. The van der Waals surface area contributed by atoms with Crippen molar-refractivity contribution in [2.45, 2.75) is 85.3 Å². The molecule has 0 aliphatic carbocycles. The van der Waals surface area contributed by atoms with Crippen molar-refractivity contribution in [3.8, 4) is 0 Å². The largest absolute Gasteiger partial charge is 0.318 e. The van der Waals surface area contributed by atoms with Gasteiger partial charge in [-0.1, -0.05) is 53.5 Å². The number of nitrogens with one attached hydrogen (secondary N) is 1. The van der Waals surface area contributed by atoms with E-state index in [1.807, 2.05) is 6.92 Å². The second-order valence-electron chi connectivity index (χ2n) is 6.63. The first-order chi connectivity index (χ1) is 10.5. The summed E-state index contributed by atoms with van der Waals surface area (Å²) in [5, 5.41) is 3.34. The Morgan fingerprint density at radius 2 is 1.36 bits per heavy atom. The lowest BCUT2D eigenvalue weighted by atomic mass is 10.3. The molecule has 0 saturated heterocycles. The average Bonchev–Trinajstić information content (AvgIpc) is 2.52. The van der Waals surface area contributed by atoms with Gasteiger partial charge in [-0.2, -0.15) is 0 Å².